The van der Waals surface area contributed by atoms with Crippen molar-refractivity contribution in [2.24, 2.45) is 5.92 Å². The van der Waals surface area contributed by atoms with Crippen LogP contribution < -0.4 is 15.0 Å². The van der Waals surface area contributed by atoms with Gasteiger partial charge in [-0.05, 0) is 63.8 Å². The van der Waals surface area contributed by atoms with E-state index in [1.807, 2.05) is 17.0 Å². The fourth-order valence-electron chi connectivity index (χ4n) is 5.22. The summed E-state index contributed by atoms with van der Waals surface area (Å²) in [5, 5.41) is 4.68. The summed E-state index contributed by atoms with van der Waals surface area (Å²) in [7, 11) is 0. The van der Waals surface area contributed by atoms with Crippen molar-refractivity contribution in [3.63, 3.8) is 0 Å². The number of halogens is 5. The molecule has 3 aromatic rings. The minimum absolute atomic E-state index is 0.0896. The van der Waals surface area contributed by atoms with E-state index in [4.69, 9.17) is 55.9 Å². The highest BCUT2D eigenvalue weighted by Gasteiger charge is 2.37. The second-order valence-electron chi connectivity index (χ2n) is 12.5. The molecule has 2 heterocycles. The number of aromatic nitrogens is 1. The van der Waals surface area contributed by atoms with Gasteiger partial charge in [0.25, 0.3) is 0 Å². The second kappa shape index (κ2) is 14.7. The number of carbonyl (C=O) groups is 2. The SMILES string of the molecule is CC(C)(C)OC(=O)NC[C@H](Cc1cnc(N2CC[C@@H](Oc3c(Cl)cc(F)cc3Cl)C2)s1)C(=O)N(Cc1cccc(Cl)c1Cl)C1CC1. The van der Waals surface area contributed by atoms with Crippen molar-refractivity contribution in [1.82, 2.24) is 15.2 Å². The van der Waals surface area contributed by atoms with E-state index in [2.05, 4.69) is 15.2 Å². The van der Waals surface area contributed by atoms with Crippen molar-refractivity contribution < 1.29 is 23.5 Å². The molecule has 2 amide bonds. The lowest BCUT2D eigenvalue weighted by Gasteiger charge is -2.28. The lowest BCUT2D eigenvalue weighted by molar-refractivity contribution is -0.136. The predicted molar refractivity (Wildman–Crippen MR) is 181 cm³/mol. The van der Waals surface area contributed by atoms with Crippen LogP contribution in [0.1, 0.15) is 50.5 Å². The van der Waals surface area contributed by atoms with Crippen molar-refractivity contribution >= 4 is 74.9 Å². The average Bonchev–Trinajstić information content (AvgIpc) is 3.51. The third-order valence-corrected chi connectivity index (χ3v) is 10.0. The molecule has 1 N–H and O–H groups in total. The summed E-state index contributed by atoms with van der Waals surface area (Å²) < 4.78 is 25.1. The molecule has 1 aromatic heterocycles. The molecule has 2 fully saturated rings. The molecule has 0 spiro atoms. The molecule has 2 aromatic carbocycles. The van der Waals surface area contributed by atoms with E-state index in [9.17, 15) is 14.0 Å². The van der Waals surface area contributed by atoms with Crippen molar-refractivity contribution in [2.75, 3.05) is 24.5 Å². The summed E-state index contributed by atoms with van der Waals surface area (Å²) in [6, 6.07) is 7.83. The molecule has 8 nitrogen and oxygen atoms in total. The Hall–Kier alpha value is -2.50. The number of benzene rings is 2. The largest absolute Gasteiger partial charge is 0.485 e. The molecule has 1 aliphatic carbocycles. The van der Waals surface area contributed by atoms with Gasteiger partial charge < -0.3 is 24.6 Å². The Labute approximate surface area is 292 Å². The highest BCUT2D eigenvalue weighted by molar-refractivity contribution is 7.15. The van der Waals surface area contributed by atoms with E-state index in [0.29, 0.717) is 42.5 Å². The standard InChI is InChI=1S/C32H35Cl4FN4O4S/c1-32(2,3)45-31(43)39-14-19(29(42)41(21-7-8-21)16-18-5-4-6-24(33)27(18)36)11-23-15-38-30(46-23)40-10-9-22(17-40)44-28-25(34)12-20(37)13-26(28)35/h4-6,12-13,15,19,21-22H,7-11,14,16-17H2,1-3H3,(H,39,43)/t19-,22+/m0/s1. The van der Waals surface area contributed by atoms with Crippen molar-refractivity contribution in [3.05, 3.63) is 72.9 Å². The van der Waals surface area contributed by atoms with Gasteiger partial charge in [-0.3, -0.25) is 4.79 Å². The molecule has 248 valence electrons. The van der Waals surface area contributed by atoms with Crippen molar-refractivity contribution in [1.29, 1.82) is 0 Å². The van der Waals surface area contributed by atoms with Gasteiger partial charge in [0, 0.05) is 43.2 Å². The van der Waals surface area contributed by atoms with Crippen LogP contribution in [-0.4, -0.2) is 59.3 Å². The van der Waals surface area contributed by atoms with Gasteiger partial charge in [-0.2, -0.15) is 0 Å². The molecule has 1 saturated carbocycles. The van der Waals surface area contributed by atoms with Crippen LogP contribution in [-0.2, 0) is 22.5 Å². The maximum atomic E-state index is 14.2. The van der Waals surface area contributed by atoms with Crippen LogP contribution in [0.3, 0.4) is 0 Å². The van der Waals surface area contributed by atoms with Gasteiger partial charge in [-0.1, -0.05) is 58.5 Å². The Morgan fingerprint density at radius 1 is 1.13 bits per heavy atom. The monoisotopic (exact) mass is 730 g/mol. The number of alkyl carbamates (subject to hydrolysis) is 1. The first-order valence-corrected chi connectivity index (χ1v) is 17.3. The van der Waals surface area contributed by atoms with Gasteiger partial charge in [-0.15, -0.1) is 11.3 Å². The van der Waals surface area contributed by atoms with E-state index in [1.54, 1.807) is 33.0 Å². The van der Waals surface area contributed by atoms with Crippen LogP contribution in [0, 0.1) is 11.7 Å². The third kappa shape index (κ3) is 9.10. The summed E-state index contributed by atoms with van der Waals surface area (Å²) >= 11 is 26.6. The smallest absolute Gasteiger partial charge is 0.407 e. The first-order chi connectivity index (χ1) is 21.8. The molecule has 1 aliphatic heterocycles. The maximum absolute atomic E-state index is 14.2. The fraction of sp³-hybridized carbons (Fsp3) is 0.469. The molecule has 0 bridgehead atoms. The van der Waals surface area contributed by atoms with Gasteiger partial charge in [0.2, 0.25) is 5.91 Å². The maximum Gasteiger partial charge on any atom is 0.407 e. The number of nitrogens with one attached hydrogen (secondary N) is 1. The first-order valence-electron chi connectivity index (χ1n) is 15.0. The normalized spacial score (nSPS) is 17.1. The molecule has 14 heteroatoms. The molecule has 2 atom stereocenters. The van der Waals surface area contributed by atoms with Gasteiger partial charge in [0.15, 0.2) is 10.9 Å². The highest BCUT2D eigenvalue weighted by Crippen LogP contribution is 2.37. The molecule has 0 radical (unpaired) electrons. The summed E-state index contributed by atoms with van der Waals surface area (Å²) in [5.74, 6) is -0.934. The summed E-state index contributed by atoms with van der Waals surface area (Å²) in [4.78, 5) is 36.2. The Bertz CT molecular complexity index is 1560. The zero-order chi connectivity index (χ0) is 33.2. The quantitative estimate of drug-likeness (QED) is 0.213. The Kier molecular flexibility index (Phi) is 11.1. The van der Waals surface area contributed by atoms with E-state index < -0.39 is 23.4 Å². The fourth-order valence-corrected chi connectivity index (χ4v) is 7.17. The Morgan fingerprint density at radius 3 is 2.52 bits per heavy atom. The average molecular weight is 733 g/mol. The van der Waals surface area contributed by atoms with Crippen molar-refractivity contribution in [2.45, 2.75) is 70.7 Å². The lowest BCUT2D eigenvalue weighted by Crippen LogP contribution is -2.44. The summed E-state index contributed by atoms with van der Waals surface area (Å²) in [6.45, 7) is 6.99. The number of anilines is 1. The molecule has 1 saturated heterocycles. The van der Waals surface area contributed by atoms with Crippen LogP contribution in [0.2, 0.25) is 20.1 Å². The Balaban J connectivity index is 1.29. The topological polar surface area (TPSA) is 84.0 Å². The molecule has 46 heavy (non-hydrogen) atoms. The number of amides is 2. The molecular weight excluding hydrogens is 697 g/mol. The van der Waals surface area contributed by atoms with E-state index >= 15 is 0 Å². The molecular formula is C32H35Cl4FN4O4S. The number of carbonyl (C=O) groups excluding carboxylic acids is 2. The molecule has 5 rings (SSSR count). The van der Waals surface area contributed by atoms with Gasteiger partial charge in [-0.25, -0.2) is 14.2 Å². The number of ether oxygens (including phenoxy) is 2. The van der Waals surface area contributed by atoms with Crippen LogP contribution in [0.4, 0.5) is 14.3 Å². The van der Waals surface area contributed by atoms with Gasteiger partial charge in [0.05, 0.1) is 32.6 Å². The van der Waals surface area contributed by atoms with E-state index in [-0.39, 0.29) is 40.4 Å². The van der Waals surface area contributed by atoms with Crippen LogP contribution in [0.5, 0.6) is 5.75 Å². The first kappa shape index (κ1) is 34.8. The minimum atomic E-state index is -0.676. The number of hydrogen-bond acceptors (Lipinski definition) is 7. The molecule has 0 unspecified atom stereocenters. The number of rotatable bonds is 11. The van der Waals surface area contributed by atoms with Crippen LogP contribution >= 0.6 is 57.7 Å². The lowest BCUT2D eigenvalue weighted by atomic mass is 10.0. The zero-order valence-electron chi connectivity index (χ0n) is 25.6. The number of thiazole rings is 1. The predicted octanol–water partition coefficient (Wildman–Crippen LogP) is 8.43. The summed E-state index contributed by atoms with van der Waals surface area (Å²) in [6.07, 6.45) is 3.82. The van der Waals surface area contributed by atoms with Crippen LogP contribution in [0.25, 0.3) is 0 Å². The third-order valence-electron chi connectivity index (χ3n) is 7.54. The van der Waals surface area contributed by atoms with Crippen molar-refractivity contribution in [3.8, 4) is 5.75 Å². The minimum Gasteiger partial charge on any atom is -0.485 e. The number of nitrogens with zero attached hydrogens (tertiary/aromatic N) is 3. The van der Waals surface area contributed by atoms with E-state index in [1.165, 1.54) is 23.5 Å². The van der Waals surface area contributed by atoms with Gasteiger partial charge in [0.1, 0.15) is 17.5 Å². The Morgan fingerprint density at radius 2 is 1.85 bits per heavy atom. The number of hydrogen-bond donors (Lipinski definition) is 1. The zero-order valence-corrected chi connectivity index (χ0v) is 29.5. The van der Waals surface area contributed by atoms with Crippen LogP contribution in [0.15, 0.2) is 36.5 Å². The second-order valence-corrected chi connectivity index (χ2v) is 15.2. The molecule has 2 aliphatic rings. The summed E-state index contributed by atoms with van der Waals surface area (Å²) in [5.41, 5.74) is 0.0897. The van der Waals surface area contributed by atoms with Gasteiger partial charge >= 0.3 is 6.09 Å². The highest BCUT2D eigenvalue weighted by atomic mass is 35.5. The van der Waals surface area contributed by atoms with E-state index in [0.717, 1.165) is 28.4 Å².